The maximum absolute atomic E-state index is 13.3. The van der Waals surface area contributed by atoms with E-state index in [0.717, 1.165) is 10.8 Å². The average molecular weight is 509 g/mol. The molecular formula is C27H28N2O6S. The second-order valence-electron chi connectivity index (χ2n) is 9.20. The predicted octanol–water partition coefficient (Wildman–Crippen LogP) is 2.42. The first-order valence-electron chi connectivity index (χ1n) is 11.6. The summed E-state index contributed by atoms with van der Waals surface area (Å²) < 4.78 is 31.4. The zero-order valence-corrected chi connectivity index (χ0v) is 20.9. The Balaban J connectivity index is 1.59. The zero-order valence-electron chi connectivity index (χ0n) is 20.1. The molecule has 188 valence electrons. The van der Waals surface area contributed by atoms with Crippen LogP contribution in [0.1, 0.15) is 29.8 Å². The van der Waals surface area contributed by atoms with Crippen LogP contribution in [0.5, 0.6) is 0 Å². The molecule has 0 aliphatic carbocycles. The van der Waals surface area contributed by atoms with Gasteiger partial charge in [-0.05, 0) is 42.3 Å². The lowest BCUT2D eigenvalue weighted by atomic mass is 9.93. The molecule has 36 heavy (non-hydrogen) atoms. The number of hydrogen-bond donors (Lipinski definition) is 2. The van der Waals surface area contributed by atoms with Gasteiger partial charge in [0.25, 0.3) is 5.91 Å². The molecule has 1 heterocycles. The summed E-state index contributed by atoms with van der Waals surface area (Å²) in [6.07, 6.45) is -0.605. The van der Waals surface area contributed by atoms with E-state index in [2.05, 4.69) is 10.6 Å². The molecule has 0 aromatic heterocycles. The van der Waals surface area contributed by atoms with E-state index in [0.29, 0.717) is 5.56 Å². The van der Waals surface area contributed by atoms with Crippen LogP contribution in [0.4, 0.5) is 0 Å². The summed E-state index contributed by atoms with van der Waals surface area (Å²) >= 11 is 0. The zero-order chi connectivity index (χ0) is 25.9. The molecule has 0 saturated carbocycles. The van der Waals surface area contributed by atoms with Gasteiger partial charge in [0.05, 0.1) is 17.6 Å². The van der Waals surface area contributed by atoms with Crippen LogP contribution in [0.25, 0.3) is 10.8 Å². The molecule has 0 spiro atoms. The van der Waals surface area contributed by atoms with Crippen molar-refractivity contribution in [2.75, 3.05) is 12.4 Å². The lowest BCUT2D eigenvalue weighted by Crippen LogP contribution is -2.61. The molecule has 3 aromatic rings. The first-order chi connectivity index (χ1) is 17.1. The van der Waals surface area contributed by atoms with E-state index in [1.807, 2.05) is 24.3 Å². The van der Waals surface area contributed by atoms with Crippen molar-refractivity contribution in [1.29, 1.82) is 0 Å². The minimum atomic E-state index is -3.81. The summed E-state index contributed by atoms with van der Waals surface area (Å²) in [5.74, 6) is -2.61. The number of carbonyl (C=O) groups is 3. The lowest BCUT2D eigenvalue weighted by molar-refractivity contribution is -0.130. The number of Topliss-reactive ketones (excluding diaryl/α,β-unsaturated/α-hetero) is 1. The third-order valence-corrected chi connectivity index (χ3v) is 8.14. The molecule has 2 amide bonds. The number of ketones is 1. The van der Waals surface area contributed by atoms with Crippen molar-refractivity contribution in [3.8, 4) is 0 Å². The van der Waals surface area contributed by atoms with E-state index in [-0.39, 0.29) is 23.7 Å². The fourth-order valence-electron chi connectivity index (χ4n) is 4.15. The number of ether oxygens (including phenoxy) is 1. The molecule has 1 aliphatic rings. The highest BCUT2D eigenvalue weighted by Gasteiger charge is 2.47. The predicted molar refractivity (Wildman–Crippen MR) is 136 cm³/mol. The third kappa shape index (κ3) is 5.63. The van der Waals surface area contributed by atoms with Gasteiger partial charge in [0.1, 0.15) is 18.2 Å². The van der Waals surface area contributed by atoms with Crippen molar-refractivity contribution >= 4 is 38.2 Å². The van der Waals surface area contributed by atoms with Crippen LogP contribution in [0.2, 0.25) is 0 Å². The number of amides is 2. The summed E-state index contributed by atoms with van der Waals surface area (Å²) in [6.45, 7) is 3.03. The molecular weight excluding hydrogens is 480 g/mol. The van der Waals surface area contributed by atoms with Crippen molar-refractivity contribution < 1.29 is 27.5 Å². The Morgan fingerprint density at radius 2 is 1.69 bits per heavy atom. The smallest absolute Gasteiger partial charge is 0.251 e. The highest BCUT2D eigenvalue weighted by molar-refractivity contribution is 7.90. The summed E-state index contributed by atoms with van der Waals surface area (Å²) in [6, 6.07) is 19.7. The minimum Gasteiger partial charge on any atom is -0.368 e. The number of benzene rings is 3. The van der Waals surface area contributed by atoms with Crippen LogP contribution < -0.4 is 10.6 Å². The van der Waals surface area contributed by atoms with Gasteiger partial charge in [0, 0.05) is 5.56 Å². The molecule has 9 heteroatoms. The highest BCUT2D eigenvalue weighted by atomic mass is 32.2. The largest absolute Gasteiger partial charge is 0.368 e. The Bertz CT molecular complexity index is 1410. The summed E-state index contributed by atoms with van der Waals surface area (Å²) in [7, 11) is -3.81. The van der Waals surface area contributed by atoms with Crippen LogP contribution in [-0.4, -0.2) is 56.1 Å². The van der Waals surface area contributed by atoms with Gasteiger partial charge in [-0.2, -0.15) is 0 Å². The monoisotopic (exact) mass is 508 g/mol. The minimum absolute atomic E-state index is 0.154. The van der Waals surface area contributed by atoms with Gasteiger partial charge in [0.2, 0.25) is 5.91 Å². The fraction of sp³-hybridized carbons (Fsp3) is 0.296. The van der Waals surface area contributed by atoms with Gasteiger partial charge in [0.15, 0.2) is 15.6 Å². The first kappa shape index (κ1) is 25.5. The number of rotatable bonds is 8. The fourth-order valence-corrected chi connectivity index (χ4v) is 5.72. The Morgan fingerprint density at radius 3 is 2.36 bits per heavy atom. The van der Waals surface area contributed by atoms with Crippen molar-refractivity contribution in [2.24, 2.45) is 0 Å². The molecule has 0 bridgehead atoms. The van der Waals surface area contributed by atoms with Crippen LogP contribution in [0.3, 0.4) is 0 Å². The van der Waals surface area contributed by atoms with E-state index >= 15 is 0 Å². The Morgan fingerprint density at radius 1 is 1.03 bits per heavy atom. The molecule has 1 aliphatic heterocycles. The Kier molecular flexibility index (Phi) is 7.23. The van der Waals surface area contributed by atoms with Crippen molar-refractivity contribution in [3.05, 3.63) is 83.9 Å². The quantitative estimate of drug-likeness (QED) is 0.482. The van der Waals surface area contributed by atoms with Gasteiger partial charge in [-0.15, -0.1) is 0 Å². The number of hydrogen-bond acceptors (Lipinski definition) is 6. The SMILES string of the molecule is CC1OCC(=O)C1(C)NC(=O)C(CS(=O)(=O)Cc1ccccc1)NC(=O)c1ccc2ccccc2c1. The number of sulfone groups is 1. The van der Waals surface area contributed by atoms with Gasteiger partial charge in [-0.3, -0.25) is 14.4 Å². The van der Waals surface area contributed by atoms with Crippen molar-refractivity contribution in [3.63, 3.8) is 0 Å². The third-order valence-electron chi connectivity index (χ3n) is 6.52. The molecule has 0 radical (unpaired) electrons. The molecule has 1 saturated heterocycles. The average Bonchev–Trinajstić information content (AvgIpc) is 3.10. The molecule has 4 rings (SSSR count). The van der Waals surface area contributed by atoms with Gasteiger partial charge >= 0.3 is 0 Å². The van der Waals surface area contributed by atoms with Crippen LogP contribution in [0, 0.1) is 0 Å². The van der Waals surface area contributed by atoms with E-state index in [4.69, 9.17) is 4.74 Å². The summed E-state index contributed by atoms with van der Waals surface area (Å²) in [5.41, 5.74) is -0.476. The maximum Gasteiger partial charge on any atom is 0.251 e. The topological polar surface area (TPSA) is 119 Å². The van der Waals surface area contributed by atoms with E-state index in [1.165, 1.54) is 6.92 Å². The normalized spacial score (nSPS) is 20.7. The first-order valence-corrected chi connectivity index (χ1v) is 13.4. The number of fused-ring (bicyclic) bond motifs is 1. The summed E-state index contributed by atoms with van der Waals surface area (Å²) in [4.78, 5) is 38.8. The maximum atomic E-state index is 13.3. The number of carbonyl (C=O) groups excluding carboxylic acids is 3. The number of nitrogens with one attached hydrogen (secondary N) is 2. The summed E-state index contributed by atoms with van der Waals surface area (Å²) in [5, 5.41) is 6.99. The van der Waals surface area contributed by atoms with E-state index in [9.17, 15) is 22.8 Å². The molecule has 2 N–H and O–H groups in total. The molecule has 1 fully saturated rings. The molecule has 3 atom stereocenters. The van der Waals surface area contributed by atoms with Crippen LogP contribution >= 0.6 is 0 Å². The van der Waals surface area contributed by atoms with Gasteiger partial charge in [-0.25, -0.2) is 8.42 Å². The second kappa shape index (κ2) is 10.2. The van der Waals surface area contributed by atoms with E-state index < -0.39 is 45.1 Å². The lowest BCUT2D eigenvalue weighted by Gasteiger charge is -2.29. The molecule has 3 unspecified atom stereocenters. The van der Waals surface area contributed by atoms with Crippen molar-refractivity contribution in [2.45, 2.75) is 37.3 Å². The molecule has 3 aromatic carbocycles. The van der Waals surface area contributed by atoms with E-state index in [1.54, 1.807) is 55.5 Å². The Hall–Kier alpha value is -3.56. The van der Waals surface area contributed by atoms with Crippen LogP contribution in [0.15, 0.2) is 72.8 Å². The van der Waals surface area contributed by atoms with Crippen LogP contribution in [-0.2, 0) is 29.9 Å². The Labute approximate surface area is 210 Å². The van der Waals surface area contributed by atoms with Crippen molar-refractivity contribution in [1.82, 2.24) is 10.6 Å². The van der Waals surface area contributed by atoms with Gasteiger partial charge < -0.3 is 15.4 Å². The second-order valence-corrected chi connectivity index (χ2v) is 11.3. The van der Waals surface area contributed by atoms with Gasteiger partial charge in [-0.1, -0.05) is 60.7 Å². The molecule has 8 nitrogen and oxygen atoms in total. The highest BCUT2D eigenvalue weighted by Crippen LogP contribution is 2.22. The standard InChI is InChI=1S/C27H28N2O6S/c1-18-27(2,24(30)15-35-18)29-26(32)23(17-36(33,34)16-19-8-4-3-5-9-19)28-25(31)22-13-12-20-10-6-7-11-21(20)14-22/h3-14,18,23H,15-17H2,1-2H3,(H,28,31)(H,29,32).